The lowest BCUT2D eigenvalue weighted by Crippen LogP contribution is -2.54. The molecule has 5 N–H and O–H groups in total. The lowest BCUT2D eigenvalue weighted by atomic mass is 9.99. The van der Waals surface area contributed by atoms with Crippen molar-refractivity contribution in [2.75, 3.05) is 18.5 Å². The standard InChI is InChI=1S/C28H35ClN4O6/c1-6-18-10-8-11-19(15-18)24(25(36)32-23-17(2)9-7-12-20(23)29)33(13-14-34)26(37)21(16-22(30)35)31-27(38)39-28(3,4)5/h6-12,15,21,24,34H,1,13-14,16H2,2-5H3,(H2,30,35)(H,31,38)(H,32,36). The minimum atomic E-state index is -1.47. The second kappa shape index (κ2) is 13.8. The first-order valence-corrected chi connectivity index (χ1v) is 12.6. The maximum atomic E-state index is 13.8. The number of anilines is 1. The van der Waals surface area contributed by atoms with Gasteiger partial charge in [-0.3, -0.25) is 14.4 Å². The van der Waals surface area contributed by atoms with E-state index in [2.05, 4.69) is 17.2 Å². The van der Waals surface area contributed by atoms with E-state index in [1.165, 1.54) is 0 Å². The summed E-state index contributed by atoms with van der Waals surface area (Å²) in [7, 11) is 0. The first kappa shape index (κ1) is 31.3. The number of halogens is 1. The molecular weight excluding hydrogens is 524 g/mol. The molecule has 210 valence electrons. The first-order valence-electron chi connectivity index (χ1n) is 12.2. The van der Waals surface area contributed by atoms with Crippen LogP contribution in [-0.2, 0) is 19.1 Å². The van der Waals surface area contributed by atoms with Gasteiger partial charge < -0.3 is 31.1 Å². The van der Waals surface area contributed by atoms with Crippen LogP contribution in [0.4, 0.5) is 10.5 Å². The van der Waals surface area contributed by atoms with Crippen molar-refractivity contribution >= 4 is 47.2 Å². The van der Waals surface area contributed by atoms with Gasteiger partial charge in [0.15, 0.2) is 0 Å². The predicted molar refractivity (Wildman–Crippen MR) is 150 cm³/mol. The second-order valence-electron chi connectivity index (χ2n) is 9.82. The fraction of sp³-hybridized carbons (Fsp3) is 0.357. The van der Waals surface area contributed by atoms with Crippen molar-refractivity contribution in [3.63, 3.8) is 0 Å². The largest absolute Gasteiger partial charge is 0.444 e. The Bertz CT molecular complexity index is 1210. The Labute approximate surface area is 233 Å². The van der Waals surface area contributed by atoms with Crippen molar-refractivity contribution in [2.24, 2.45) is 5.73 Å². The third-order valence-corrected chi connectivity index (χ3v) is 5.83. The summed E-state index contributed by atoms with van der Waals surface area (Å²) in [6, 6.07) is 9.10. The minimum absolute atomic E-state index is 0.292. The number of hydrogen-bond donors (Lipinski definition) is 4. The molecule has 2 unspecified atom stereocenters. The number of amides is 4. The monoisotopic (exact) mass is 558 g/mol. The van der Waals surface area contributed by atoms with Crippen molar-refractivity contribution in [3.05, 3.63) is 70.8 Å². The lowest BCUT2D eigenvalue weighted by molar-refractivity contribution is -0.142. The van der Waals surface area contributed by atoms with Crippen LogP contribution in [-0.4, -0.2) is 58.6 Å². The van der Waals surface area contributed by atoms with E-state index >= 15 is 0 Å². The molecule has 39 heavy (non-hydrogen) atoms. The fourth-order valence-corrected chi connectivity index (χ4v) is 4.11. The third-order valence-electron chi connectivity index (χ3n) is 5.51. The molecule has 0 radical (unpaired) electrons. The zero-order chi connectivity index (χ0) is 29.3. The van der Waals surface area contributed by atoms with E-state index in [4.69, 9.17) is 22.1 Å². The number of aliphatic hydroxyl groups excluding tert-OH is 1. The van der Waals surface area contributed by atoms with Gasteiger partial charge in [-0.25, -0.2) is 4.79 Å². The summed E-state index contributed by atoms with van der Waals surface area (Å²) in [5.41, 5.74) is 6.61. The van der Waals surface area contributed by atoms with Crippen LogP contribution in [0.2, 0.25) is 5.02 Å². The van der Waals surface area contributed by atoms with Crippen LogP contribution in [0.5, 0.6) is 0 Å². The van der Waals surface area contributed by atoms with Gasteiger partial charge in [-0.05, 0) is 56.5 Å². The van der Waals surface area contributed by atoms with Crippen molar-refractivity contribution in [2.45, 2.75) is 51.8 Å². The molecule has 11 heteroatoms. The summed E-state index contributed by atoms with van der Waals surface area (Å²) < 4.78 is 5.24. The van der Waals surface area contributed by atoms with Gasteiger partial charge in [-0.1, -0.05) is 54.6 Å². The molecule has 4 amide bonds. The number of aliphatic hydroxyl groups is 1. The van der Waals surface area contributed by atoms with Crippen molar-refractivity contribution in [1.29, 1.82) is 0 Å². The van der Waals surface area contributed by atoms with Gasteiger partial charge in [0.1, 0.15) is 17.7 Å². The van der Waals surface area contributed by atoms with Crippen molar-refractivity contribution < 1.29 is 29.0 Å². The summed E-state index contributed by atoms with van der Waals surface area (Å²) in [5, 5.41) is 15.3. The normalized spacial score (nSPS) is 12.6. The number of ether oxygens (including phenoxy) is 1. The van der Waals surface area contributed by atoms with E-state index in [0.717, 1.165) is 4.90 Å². The molecule has 0 aliphatic carbocycles. The molecule has 0 aliphatic heterocycles. The van der Waals surface area contributed by atoms with Gasteiger partial charge in [-0.2, -0.15) is 0 Å². The number of aryl methyl sites for hydroxylation is 1. The summed E-state index contributed by atoms with van der Waals surface area (Å²) in [5.74, 6) is -2.33. The zero-order valence-electron chi connectivity index (χ0n) is 22.5. The van der Waals surface area contributed by atoms with Crippen LogP contribution < -0.4 is 16.4 Å². The highest BCUT2D eigenvalue weighted by molar-refractivity contribution is 6.34. The van der Waals surface area contributed by atoms with Gasteiger partial charge >= 0.3 is 6.09 Å². The molecule has 2 aromatic rings. The van der Waals surface area contributed by atoms with E-state index in [1.54, 1.807) is 76.2 Å². The van der Waals surface area contributed by atoms with Gasteiger partial charge in [0.25, 0.3) is 5.91 Å². The number of nitrogens with zero attached hydrogens (tertiary/aromatic N) is 1. The molecule has 0 aromatic heterocycles. The molecule has 0 heterocycles. The van der Waals surface area contributed by atoms with Crippen LogP contribution in [0.15, 0.2) is 49.0 Å². The Morgan fingerprint density at radius 2 is 1.85 bits per heavy atom. The molecule has 0 aliphatic rings. The number of carbonyl (C=O) groups excluding carboxylic acids is 4. The highest BCUT2D eigenvalue weighted by atomic mass is 35.5. The number of benzene rings is 2. The quantitative estimate of drug-likeness (QED) is 0.331. The number of nitrogens with two attached hydrogens (primary N) is 1. The molecule has 0 saturated heterocycles. The molecule has 0 bridgehead atoms. The van der Waals surface area contributed by atoms with E-state index < -0.39 is 54.5 Å². The SMILES string of the molecule is C=Cc1cccc(C(C(=O)Nc2c(C)cccc2Cl)N(CCO)C(=O)C(CC(N)=O)NC(=O)OC(C)(C)C)c1. The summed E-state index contributed by atoms with van der Waals surface area (Å²) in [6.45, 7) is 9.61. The summed E-state index contributed by atoms with van der Waals surface area (Å²) in [6.07, 6.45) is 0.0619. The average molecular weight is 559 g/mol. The number of alkyl carbamates (subject to hydrolysis) is 1. The van der Waals surface area contributed by atoms with Crippen LogP contribution in [0.1, 0.15) is 49.9 Å². The molecule has 10 nitrogen and oxygen atoms in total. The third kappa shape index (κ3) is 9.12. The Kier molecular flexibility index (Phi) is 11.1. The highest BCUT2D eigenvalue weighted by Crippen LogP contribution is 2.30. The Morgan fingerprint density at radius 3 is 2.41 bits per heavy atom. The molecule has 0 fully saturated rings. The van der Waals surface area contributed by atoms with Gasteiger partial charge in [-0.15, -0.1) is 0 Å². The molecule has 2 aromatic carbocycles. The molecule has 0 spiro atoms. The van der Waals surface area contributed by atoms with Gasteiger partial charge in [0.2, 0.25) is 11.8 Å². The highest BCUT2D eigenvalue weighted by Gasteiger charge is 2.37. The second-order valence-corrected chi connectivity index (χ2v) is 10.2. The Hall–Kier alpha value is -3.89. The molecule has 2 atom stereocenters. The number of para-hydroxylation sites is 1. The van der Waals surface area contributed by atoms with E-state index in [1.807, 2.05) is 0 Å². The lowest BCUT2D eigenvalue weighted by Gasteiger charge is -2.34. The summed E-state index contributed by atoms with van der Waals surface area (Å²) in [4.78, 5) is 53.1. The fourth-order valence-electron chi connectivity index (χ4n) is 3.84. The Morgan fingerprint density at radius 1 is 1.18 bits per heavy atom. The van der Waals surface area contributed by atoms with E-state index in [9.17, 15) is 24.3 Å². The van der Waals surface area contributed by atoms with Crippen molar-refractivity contribution in [1.82, 2.24) is 10.2 Å². The minimum Gasteiger partial charge on any atom is -0.444 e. The maximum Gasteiger partial charge on any atom is 0.408 e. The van der Waals surface area contributed by atoms with Crippen LogP contribution in [0, 0.1) is 6.92 Å². The molecular formula is C28H35ClN4O6. The number of primary amides is 1. The molecule has 0 saturated carbocycles. The first-order chi connectivity index (χ1) is 18.3. The van der Waals surface area contributed by atoms with Crippen LogP contribution in [0.3, 0.4) is 0 Å². The number of hydrogen-bond acceptors (Lipinski definition) is 6. The van der Waals surface area contributed by atoms with Crippen molar-refractivity contribution in [3.8, 4) is 0 Å². The number of nitrogens with one attached hydrogen (secondary N) is 2. The van der Waals surface area contributed by atoms with Crippen LogP contribution >= 0.6 is 11.6 Å². The molecule has 2 rings (SSSR count). The number of rotatable bonds is 11. The zero-order valence-corrected chi connectivity index (χ0v) is 23.2. The van der Waals surface area contributed by atoms with Gasteiger partial charge in [0, 0.05) is 6.54 Å². The Balaban J connectivity index is 2.58. The number of carbonyl (C=O) groups is 4. The van der Waals surface area contributed by atoms with Gasteiger partial charge in [0.05, 0.1) is 23.7 Å². The maximum absolute atomic E-state index is 13.8. The van der Waals surface area contributed by atoms with E-state index in [-0.39, 0.29) is 6.54 Å². The average Bonchev–Trinajstić information content (AvgIpc) is 2.84. The topological polar surface area (TPSA) is 151 Å². The predicted octanol–water partition coefficient (Wildman–Crippen LogP) is 3.56. The summed E-state index contributed by atoms with van der Waals surface area (Å²) >= 11 is 6.33. The smallest absolute Gasteiger partial charge is 0.408 e. The van der Waals surface area contributed by atoms with Crippen LogP contribution in [0.25, 0.3) is 6.08 Å². The van der Waals surface area contributed by atoms with E-state index in [0.29, 0.717) is 27.4 Å².